The van der Waals surface area contributed by atoms with Crippen LogP contribution in [0.5, 0.6) is 5.75 Å². The Morgan fingerprint density at radius 1 is 1.27 bits per heavy atom. The molecule has 0 saturated heterocycles. The minimum Gasteiger partial charge on any atom is -0.497 e. The second-order valence-electron chi connectivity index (χ2n) is 7.64. The number of methoxy groups -OCH3 is 2. The van der Waals surface area contributed by atoms with Crippen molar-refractivity contribution in [2.45, 2.75) is 46.6 Å². The number of rotatable bonds is 10. The highest BCUT2D eigenvalue weighted by atomic mass is 35.5. The predicted molar refractivity (Wildman–Crippen MR) is 125 cm³/mol. The Hall–Kier alpha value is -2.24. The largest absolute Gasteiger partial charge is 0.497 e. The van der Waals surface area contributed by atoms with E-state index in [2.05, 4.69) is 51.8 Å². The molecule has 0 fully saturated rings. The fraction of sp³-hybridized carbons (Fsp3) is 0.458. The average Bonchev–Trinajstić information content (AvgIpc) is 3.12. The molecular formula is C24H34ClN3O2. The van der Waals surface area contributed by atoms with Gasteiger partial charge in [-0.3, -0.25) is 0 Å². The van der Waals surface area contributed by atoms with E-state index in [1.54, 1.807) is 14.2 Å². The highest BCUT2D eigenvalue weighted by molar-refractivity contribution is 6.31. The fourth-order valence-corrected chi connectivity index (χ4v) is 3.53. The zero-order valence-corrected chi connectivity index (χ0v) is 20.0. The van der Waals surface area contributed by atoms with E-state index in [0.717, 1.165) is 34.3 Å². The first-order chi connectivity index (χ1) is 14.3. The molecule has 1 atom stereocenters. The number of allylic oxidation sites excluding steroid dienone is 3. The molecule has 0 aliphatic heterocycles. The number of nitrogens with zero attached hydrogens (tertiary/aromatic N) is 3. The second kappa shape index (κ2) is 11.2. The van der Waals surface area contributed by atoms with Gasteiger partial charge in [0.05, 0.1) is 19.9 Å². The SMILES string of the molecule is CCC(C)=C(Cl)/C=C(/N(C)Cc1ccc(OC)cc1)n1ncc(C(C)COC)c1C. The monoisotopic (exact) mass is 431 g/mol. The number of halogens is 1. The van der Waals surface area contributed by atoms with Crippen molar-refractivity contribution >= 4 is 17.4 Å². The van der Waals surface area contributed by atoms with Crippen molar-refractivity contribution in [3.63, 3.8) is 0 Å². The van der Waals surface area contributed by atoms with Crippen LogP contribution >= 0.6 is 11.6 Å². The van der Waals surface area contributed by atoms with Crippen LogP contribution in [0.1, 0.15) is 49.9 Å². The number of ether oxygens (including phenoxy) is 2. The van der Waals surface area contributed by atoms with Crippen LogP contribution in [-0.2, 0) is 11.3 Å². The zero-order chi connectivity index (χ0) is 22.3. The molecule has 164 valence electrons. The molecule has 6 heteroatoms. The van der Waals surface area contributed by atoms with Gasteiger partial charge in [-0.25, -0.2) is 4.68 Å². The summed E-state index contributed by atoms with van der Waals surface area (Å²) in [7, 11) is 5.46. The van der Waals surface area contributed by atoms with Crippen LogP contribution in [0.15, 0.2) is 47.1 Å². The third kappa shape index (κ3) is 5.89. The Labute approximate surface area is 185 Å². The van der Waals surface area contributed by atoms with Crippen LogP contribution < -0.4 is 4.74 Å². The Balaban J connectivity index is 2.44. The van der Waals surface area contributed by atoms with E-state index in [1.807, 2.05) is 29.1 Å². The quantitative estimate of drug-likeness (QED) is 0.445. The molecule has 2 rings (SSSR count). The molecule has 5 nitrogen and oxygen atoms in total. The molecule has 2 aromatic rings. The summed E-state index contributed by atoms with van der Waals surface area (Å²) < 4.78 is 12.6. The van der Waals surface area contributed by atoms with E-state index in [-0.39, 0.29) is 5.92 Å². The van der Waals surface area contributed by atoms with Gasteiger partial charge in [-0.1, -0.05) is 43.2 Å². The van der Waals surface area contributed by atoms with Crippen LogP contribution in [0.2, 0.25) is 0 Å². The van der Waals surface area contributed by atoms with Crippen molar-refractivity contribution in [2.24, 2.45) is 0 Å². The normalized spacial score (nSPS) is 13.8. The molecule has 1 aromatic carbocycles. The van der Waals surface area contributed by atoms with Gasteiger partial charge in [0.1, 0.15) is 11.6 Å². The lowest BCUT2D eigenvalue weighted by Crippen LogP contribution is -2.22. The van der Waals surface area contributed by atoms with Crippen molar-refractivity contribution in [2.75, 3.05) is 27.9 Å². The molecule has 0 radical (unpaired) electrons. The number of benzene rings is 1. The molecule has 1 heterocycles. The Morgan fingerprint density at radius 3 is 2.50 bits per heavy atom. The maximum absolute atomic E-state index is 6.63. The van der Waals surface area contributed by atoms with Crippen molar-refractivity contribution in [3.8, 4) is 5.75 Å². The molecule has 30 heavy (non-hydrogen) atoms. The molecule has 0 aliphatic rings. The predicted octanol–water partition coefficient (Wildman–Crippen LogP) is 5.80. The summed E-state index contributed by atoms with van der Waals surface area (Å²) >= 11 is 6.63. The summed E-state index contributed by atoms with van der Waals surface area (Å²) in [6.45, 7) is 9.78. The van der Waals surface area contributed by atoms with Crippen molar-refractivity contribution < 1.29 is 9.47 Å². The summed E-state index contributed by atoms with van der Waals surface area (Å²) in [6.07, 6.45) is 4.84. The first kappa shape index (κ1) is 24.0. The van der Waals surface area contributed by atoms with Crippen molar-refractivity contribution in [1.29, 1.82) is 0 Å². The van der Waals surface area contributed by atoms with Crippen LogP contribution in [0, 0.1) is 6.92 Å². The maximum Gasteiger partial charge on any atom is 0.131 e. The van der Waals surface area contributed by atoms with Crippen molar-refractivity contribution in [3.05, 3.63) is 64.0 Å². The zero-order valence-electron chi connectivity index (χ0n) is 19.2. The summed E-state index contributed by atoms with van der Waals surface area (Å²) in [5.74, 6) is 2.04. The molecule has 0 saturated carbocycles. The molecule has 0 aliphatic carbocycles. The van der Waals surface area contributed by atoms with Gasteiger partial charge in [0.25, 0.3) is 0 Å². The first-order valence-electron chi connectivity index (χ1n) is 10.3. The van der Waals surface area contributed by atoms with Gasteiger partial charge in [0.2, 0.25) is 0 Å². The number of hydrogen-bond donors (Lipinski definition) is 0. The van der Waals surface area contributed by atoms with E-state index in [1.165, 1.54) is 11.1 Å². The average molecular weight is 432 g/mol. The van der Waals surface area contributed by atoms with E-state index >= 15 is 0 Å². The number of aromatic nitrogens is 2. The van der Waals surface area contributed by atoms with E-state index in [0.29, 0.717) is 13.2 Å². The summed E-state index contributed by atoms with van der Waals surface area (Å²) in [5.41, 5.74) is 4.58. The highest BCUT2D eigenvalue weighted by Crippen LogP contribution is 2.26. The topological polar surface area (TPSA) is 39.5 Å². The number of hydrogen-bond acceptors (Lipinski definition) is 4. The summed E-state index contributed by atoms with van der Waals surface area (Å²) in [4.78, 5) is 2.16. The molecule has 0 spiro atoms. The van der Waals surface area contributed by atoms with E-state index < -0.39 is 0 Å². The van der Waals surface area contributed by atoms with E-state index in [9.17, 15) is 0 Å². The minimum atomic E-state index is 0.264. The first-order valence-corrected chi connectivity index (χ1v) is 10.6. The third-order valence-corrected chi connectivity index (χ3v) is 5.81. The molecule has 0 bridgehead atoms. The maximum atomic E-state index is 6.63. The van der Waals surface area contributed by atoms with Gasteiger partial charge in [0, 0.05) is 37.3 Å². The van der Waals surface area contributed by atoms with Gasteiger partial charge in [-0.15, -0.1) is 0 Å². The van der Waals surface area contributed by atoms with Crippen LogP contribution in [0.4, 0.5) is 0 Å². The van der Waals surface area contributed by atoms with Crippen LogP contribution in [0.25, 0.3) is 5.82 Å². The Bertz CT molecular complexity index is 884. The Morgan fingerprint density at radius 2 is 1.93 bits per heavy atom. The molecule has 1 unspecified atom stereocenters. The van der Waals surface area contributed by atoms with Gasteiger partial charge in [0.15, 0.2) is 0 Å². The standard InChI is InChI=1S/C24H34ClN3O2/c1-8-17(2)23(25)13-24(27(5)15-20-9-11-21(30-7)12-10-20)28-19(4)22(14-26-28)18(3)16-29-6/h9-14,18H,8,15-16H2,1-7H3/b23-17?,24-13-. The fourth-order valence-electron chi connectivity index (χ4n) is 3.30. The van der Waals surface area contributed by atoms with Gasteiger partial charge in [-0.2, -0.15) is 5.10 Å². The van der Waals surface area contributed by atoms with Crippen LogP contribution in [-0.4, -0.2) is 42.6 Å². The van der Waals surface area contributed by atoms with Gasteiger partial charge >= 0.3 is 0 Å². The minimum absolute atomic E-state index is 0.264. The molecular weight excluding hydrogens is 398 g/mol. The third-order valence-electron chi connectivity index (χ3n) is 5.38. The lowest BCUT2D eigenvalue weighted by Gasteiger charge is -2.24. The summed E-state index contributed by atoms with van der Waals surface area (Å²) in [5, 5.41) is 5.44. The van der Waals surface area contributed by atoms with Gasteiger partial charge in [-0.05, 0) is 49.6 Å². The van der Waals surface area contributed by atoms with E-state index in [4.69, 9.17) is 26.2 Å². The Kier molecular flexibility index (Phi) is 9.00. The van der Waals surface area contributed by atoms with Crippen molar-refractivity contribution in [1.82, 2.24) is 14.7 Å². The second-order valence-corrected chi connectivity index (χ2v) is 8.05. The van der Waals surface area contributed by atoms with Crippen LogP contribution in [0.3, 0.4) is 0 Å². The molecule has 1 aromatic heterocycles. The lowest BCUT2D eigenvalue weighted by atomic mass is 10.0. The lowest BCUT2D eigenvalue weighted by molar-refractivity contribution is 0.184. The highest BCUT2D eigenvalue weighted by Gasteiger charge is 2.18. The summed E-state index contributed by atoms with van der Waals surface area (Å²) in [6, 6.07) is 8.10. The van der Waals surface area contributed by atoms with Gasteiger partial charge < -0.3 is 14.4 Å². The molecule has 0 amide bonds. The molecule has 0 N–H and O–H groups in total. The smallest absolute Gasteiger partial charge is 0.131 e.